The van der Waals surface area contributed by atoms with Gasteiger partial charge < -0.3 is 10.2 Å². The topological polar surface area (TPSA) is 28.2 Å². The van der Waals surface area contributed by atoms with Gasteiger partial charge in [0, 0.05) is 25.3 Å². The molecule has 120 valence electrons. The molecule has 21 heavy (non-hydrogen) atoms. The molecule has 0 atom stereocenters. The highest BCUT2D eigenvalue weighted by Gasteiger charge is 2.13. The van der Waals surface area contributed by atoms with E-state index >= 15 is 0 Å². The van der Waals surface area contributed by atoms with Crippen LogP contribution >= 0.6 is 0 Å². The van der Waals surface area contributed by atoms with E-state index in [1.807, 2.05) is 0 Å². The molecular weight excluding hydrogens is 258 g/mol. The summed E-state index contributed by atoms with van der Waals surface area (Å²) in [5, 5.41) is 3.42. The molecule has 0 unspecified atom stereocenters. The predicted octanol–water partition coefficient (Wildman–Crippen LogP) is 3.87. The molecule has 3 heteroatoms. The molecule has 1 aromatic rings. The molecule has 0 saturated heterocycles. The summed E-state index contributed by atoms with van der Waals surface area (Å²) in [4.78, 5) is 7.31. The highest BCUT2D eigenvalue weighted by Crippen LogP contribution is 2.19. The van der Waals surface area contributed by atoms with Crippen molar-refractivity contribution in [3.63, 3.8) is 0 Å². The van der Waals surface area contributed by atoms with Crippen LogP contribution in [0.5, 0.6) is 0 Å². The van der Waals surface area contributed by atoms with Crippen LogP contribution in [0.15, 0.2) is 12.1 Å². The highest BCUT2D eigenvalue weighted by molar-refractivity contribution is 5.43. The van der Waals surface area contributed by atoms with Crippen LogP contribution in [0.3, 0.4) is 0 Å². The van der Waals surface area contributed by atoms with Crippen LogP contribution in [-0.2, 0) is 13.0 Å². The number of aryl methyl sites for hydroxylation is 1. The van der Waals surface area contributed by atoms with Gasteiger partial charge in [-0.25, -0.2) is 4.98 Å². The molecule has 0 amide bonds. The Kier molecular flexibility index (Phi) is 7.73. The Morgan fingerprint density at radius 2 is 1.67 bits per heavy atom. The van der Waals surface area contributed by atoms with E-state index in [1.165, 1.54) is 11.3 Å². The number of nitrogens with zero attached hydrogens (tertiary/aromatic N) is 2. The van der Waals surface area contributed by atoms with Gasteiger partial charge in [0.05, 0.1) is 0 Å². The zero-order valence-electron chi connectivity index (χ0n) is 14.7. The summed E-state index contributed by atoms with van der Waals surface area (Å²) in [6.07, 6.45) is 0.990. The van der Waals surface area contributed by atoms with Crippen LogP contribution in [0.1, 0.15) is 52.8 Å². The number of rotatable bonds is 9. The molecule has 1 heterocycles. The van der Waals surface area contributed by atoms with Gasteiger partial charge in [-0.05, 0) is 42.5 Å². The lowest BCUT2D eigenvalue weighted by atomic mass is 10.1. The first-order valence-corrected chi connectivity index (χ1v) is 8.41. The fourth-order valence-electron chi connectivity index (χ4n) is 2.49. The number of anilines is 1. The monoisotopic (exact) mass is 291 g/mol. The first-order chi connectivity index (χ1) is 9.96. The summed E-state index contributed by atoms with van der Waals surface area (Å²) in [7, 11) is 0. The lowest BCUT2D eigenvalue weighted by Crippen LogP contribution is -2.32. The first kappa shape index (κ1) is 18.0. The lowest BCUT2D eigenvalue weighted by molar-refractivity contribution is 0.548. The van der Waals surface area contributed by atoms with Gasteiger partial charge in [0.25, 0.3) is 0 Å². The molecule has 0 spiro atoms. The quantitative estimate of drug-likeness (QED) is 0.748. The van der Waals surface area contributed by atoms with E-state index in [-0.39, 0.29) is 0 Å². The van der Waals surface area contributed by atoms with Crippen LogP contribution in [-0.4, -0.2) is 24.6 Å². The van der Waals surface area contributed by atoms with Crippen LogP contribution < -0.4 is 10.2 Å². The Morgan fingerprint density at radius 3 is 2.14 bits per heavy atom. The minimum absolute atomic E-state index is 0.646. The van der Waals surface area contributed by atoms with Gasteiger partial charge in [0.2, 0.25) is 0 Å². The molecule has 0 aliphatic heterocycles. The van der Waals surface area contributed by atoms with E-state index in [0.717, 1.165) is 38.4 Å². The van der Waals surface area contributed by atoms with E-state index in [1.54, 1.807) is 0 Å². The molecule has 0 aliphatic rings. The van der Waals surface area contributed by atoms with E-state index < -0.39 is 0 Å². The summed E-state index contributed by atoms with van der Waals surface area (Å²) in [6.45, 7) is 17.5. The largest absolute Gasteiger partial charge is 0.356 e. The fourth-order valence-corrected chi connectivity index (χ4v) is 2.49. The van der Waals surface area contributed by atoms with Gasteiger partial charge in [0.15, 0.2) is 0 Å². The third-order valence-corrected chi connectivity index (χ3v) is 3.36. The Balaban J connectivity index is 3.03. The van der Waals surface area contributed by atoms with Crippen LogP contribution in [0.4, 0.5) is 5.82 Å². The molecule has 0 fully saturated rings. The molecular formula is C18H33N3. The molecule has 0 aliphatic carbocycles. The minimum atomic E-state index is 0.646. The van der Waals surface area contributed by atoms with Crippen molar-refractivity contribution in [2.24, 2.45) is 11.8 Å². The van der Waals surface area contributed by atoms with Gasteiger partial charge in [-0.2, -0.15) is 0 Å². The van der Waals surface area contributed by atoms with Crippen molar-refractivity contribution in [3.05, 3.63) is 23.4 Å². The lowest BCUT2D eigenvalue weighted by Gasteiger charge is -2.28. The second kappa shape index (κ2) is 9.04. The summed E-state index contributed by atoms with van der Waals surface area (Å²) < 4.78 is 0. The Labute approximate surface area is 131 Å². The average Bonchev–Trinajstić information content (AvgIpc) is 2.43. The Bertz CT molecular complexity index is 403. The highest BCUT2D eigenvalue weighted by atomic mass is 15.2. The minimum Gasteiger partial charge on any atom is -0.356 e. The van der Waals surface area contributed by atoms with Crippen molar-refractivity contribution in [1.82, 2.24) is 10.3 Å². The molecule has 1 rings (SSSR count). The second-order valence-electron chi connectivity index (χ2n) is 6.65. The summed E-state index contributed by atoms with van der Waals surface area (Å²) >= 11 is 0. The van der Waals surface area contributed by atoms with Crippen molar-refractivity contribution < 1.29 is 0 Å². The van der Waals surface area contributed by atoms with Gasteiger partial charge in [-0.3, -0.25) is 0 Å². The normalized spacial score (nSPS) is 11.4. The van der Waals surface area contributed by atoms with E-state index in [2.05, 4.69) is 63.9 Å². The van der Waals surface area contributed by atoms with Crippen molar-refractivity contribution in [3.8, 4) is 0 Å². The average molecular weight is 291 g/mol. The molecule has 1 N–H and O–H groups in total. The van der Waals surface area contributed by atoms with Crippen molar-refractivity contribution in [2.75, 3.05) is 24.5 Å². The van der Waals surface area contributed by atoms with E-state index in [9.17, 15) is 0 Å². The van der Waals surface area contributed by atoms with E-state index in [4.69, 9.17) is 4.98 Å². The van der Waals surface area contributed by atoms with Crippen molar-refractivity contribution >= 4 is 5.82 Å². The molecule has 0 saturated carbocycles. The molecule has 0 radical (unpaired) electrons. The third kappa shape index (κ3) is 6.47. The van der Waals surface area contributed by atoms with Crippen LogP contribution in [0.25, 0.3) is 0 Å². The van der Waals surface area contributed by atoms with E-state index in [0.29, 0.717) is 11.8 Å². The number of pyridine rings is 1. The number of aromatic nitrogens is 1. The fraction of sp³-hybridized carbons (Fsp3) is 0.722. The van der Waals surface area contributed by atoms with Crippen molar-refractivity contribution in [2.45, 2.75) is 54.5 Å². The number of nitrogens with one attached hydrogen (secondary N) is 1. The first-order valence-electron chi connectivity index (χ1n) is 8.41. The molecule has 0 aromatic carbocycles. The van der Waals surface area contributed by atoms with Gasteiger partial charge >= 0.3 is 0 Å². The van der Waals surface area contributed by atoms with Crippen LogP contribution in [0, 0.1) is 11.8 Å². The summed E-state index contributed by atoms with van der Waals surface area (Å²) in [5.74, 6) is 2.44. The summed E-state index contributed by atoms with van der Waals surface area (Å²) in [5.41, 5.74) is 2.54. The molecule has 3 nitrogen and oxygen atoms in total. The maximum atomic E-state index is 4.86. The number of hydrogen-bond donors (Lipinski definition) is 1. The Hall–Kier alpha value is -1.09. The van der Waals surface area contributed by atoms with Crippen LogP contribution in [0.2, 0.25) is 0 Å². The van der Waals surface area contributed by atoms with Gasteiger partial charge in [-0.1, -0.05) is 41.5 Å². The molecule has 1 aromatic heterocycles. The van der Waals surface area contributed by atoms with Crippen molar-refractivity contribution in [1.29, 1.82) is 0 Å². The predicted molar refractivity (Wildman–Crippen MR) is 92.9 cm³/mol. The second-order valence-corrected chi connectivity index (χ2v) is 6.65. The maximum Gasteiger partial charge on any atom is 0.129 e. The SMILES string of the molecule is CCNCc1cc(CC)nc(N(CC(C)C)CC(C)C)c1. The maximum absolute atomic E-state index is 4.86. The van der Waals surface area contributed by atoms with Gasteiger partial charge in [-0.15, -0.1) is 0 Å². The smallest absolute Gasteiger partial charge is 0.129 e. The Morgan fingerprint density at radius 1 is 1.05 bits per heavy atom. The summed E-state index contributed by atoms with van der Waals surface area (Å²) in [6, 6.07) is 4.49. The zero-order chi connectivity index (χ0) is 15.8. The third-order valence-electron chi connectivity index (χ3n) is 3.36. The zero-order valence-corrected chi connectivity index (χ0v) is 14.7. The number of hydrogen-bond acceptors (Lipinski definition) is 3. The van der Waals surface area contributed by atoms with Gasteiger partial charge in [0.1, 0.15) is 5.82 Å². The molecule has 0 bridgehead atoms. The standard InChI is InChI=1S/C18H33N3/c1-7-17-9-16(11-19-8-2)10-18(20-17)21(12-14(3)4)13-15(5)6/h9-10,14-15,19H,7-8,11-13H2,1-6H3.